The number of hydrogen-bond acceptors (Lipinski definition) is 5. The molecule has 6 heteroatoms. The van der Waals surface area contributed by atoms with Crippen LogP contribution in [0.15, 0.2) is 65.1 Å². The summed E-state index contributed by atoms with van der Waals surface area (Å²) in [5.41, 5.74) is 3.28. The van der Waals surface area contributed by atoms with E-state index in [4.69, 9.17) is 0 Å². The van der Waals surface area contributed by atoms with Gasteiger partial charge in [0.1, 0.15) is 0 Å². The third kappa shape index (κ3) is 2.52. The van der Waals surface area contributed by atoms with Gasteiger partial charge in [-0.2, -0.15) is 0 Å². The first-order chi connectivity index (χ1) is 12.6. The van der Waals surface area contributed by atoms with Crippen molar-refractivity contribution in [3.63, 3.8) is 0 Å². The highest BCUT2D eigenvalue weighted by Gasteiger charge is 2.50. The van der Waals surface area contributed by atoms with E-state index in [-0.39, 0.29) is 11.2 Å². The SMILES string of the molecule is O=S1(=O)c2ccc(-c3cccs3)cc2[C@H]2CN(Cc3ccncc3)C[C@@H]21. The molecule has 4 nitrogen and oxygen atoms in total. The van der Waals surface area contributed by atoms with Gasteiger partial charge in [0.25, 0.3) is 0 Å². The largest absolute Gasteiger partial charge is 0.297 e. The van der Waals surface area contributed by atoms with Crippen molar-refractivity contribution in [2.75, 3.05) is 13.1 Å². The van der Waals surface area contributed by atoms with Crippen LogP contribution in [0, 0.1) is 0 Å². The predicted octanol–water partition coefficient (Wildman–Crippen LogP) is 3.57. The minimum atomic E-state index is -3.24. The fourth-order valence-corrected chi connectivity index (χ4v) is 7.12. The molecule has 0 aliphatic carbocycles. The van der Waals surface area contributed by atoms with Crippen LogP contribution in [0.3, 0.4) is 0 Å². The Kier molecular flexibility index (Phi) is 3.74. The van der Waals surface area contributed by atoms with Gasteiger partial charge in [0.15, 0.2) is 9.84 Å². The summed E-state index contributed by atoms with van der Waals surface area (Å²) in [5, 5.41) is 1.73. The lowest BCUT2D eigenvalue weighted by Crippen LogP contribution is -2.25. The summed E-state index contributed by atoms with van der Waals surface area (Å²) in [6.07, 6.45) is 3.57. The average Bonchev–Trinajstić information content (AvgIpc) is 3.35. The number of sulfone groups is 1. The molecule has 1 fully saturated rings. The van der Waals surface area contributed by atoms with Crippen molar-refractivity contribution >= 4 is 21.2 Å². The van der Waals surface area contributed by atoms with E-state index in [0.29, 0.717) is 11.4 Å². The van der Waals surface area contributed by atoms with Crippen LogP contribution in [0.4, 0.5) is 0 Å². The number of rotatable bonds is 3. The van der Waals surface area contributed by atoms with Gasteiger partial charge in [0, 0.05) is 42.8 Å². The number of aromatic nitrogens is 1. The van der Waals surface area contributed by atoms with Crippen molar-refractivity contribution in [1.82, 2.24) is 9.88 Å². The highest BCUT2D eigenvalue weighted by Crippen LogP contribution is 2.46. The number of nitrogens with zero attached hydrogens (tertiary/aromatic N) is 2. The van der Waals surface area contributed by atoms with Crippen molar-refractivity contribution < 1.29 is 8.42 Å². The van der Waals surface area contributed by atoms with Gasteiger partial charge in [-0.1, -0.05) is 12.1 Å². The van der Waals surface area contributed by atoms with E-state index in [1.807, 2.05) is 35.7 Å². The van der Waals surface area contributed by atoms with E-state index in [9.17, 15) is 8.42 Å². The summed E-state index contributed by atoms with van der Waals surface area (Å²) < 4.78 is 26.1. The number of hydrogen-bond donors (Lipinski definition) is 0. The van der Waals surface area contributed by atoms with Crippen LogP contribution >= 0.6 is 11.3 Å². The fourth-order valence-electron chi connectivity index (χ4n) is 4.20. The molecule has 2 aliphatic rings. The molecule has 1 saturated heterocycles. The molecule has 26 heavy (non-hydrogen) atoms. The summed E-state index contributed by atoms with van der Waals surface area (Å²) in [6.45, 7) is 2.15. The number of pyridine rings is 1. The Morgan fingerprint density at radius 1 is 1.12 bits per heavy atom. The Bertz CT molecular complexity index is 1050. The molecule has 5 rings (SSSR count). The maximum Gasteiger partial charge on any atom is 0.183 e. The standard InChI is InChI=1S/C20H18N2O2S2/c23-26(24)19-4-3-15(18-2-1-9-25-18)10-16(19)17-12-22(13-20(17)26)11-14-5-7-21-8-6-14/h1-10,17,20H,11-13H2/t17-,20+/m1/s1. The van der Waals surface area contributed by atoms with Crippen LogP contribution in [0.5, 0.6) is 0 Å². The van der Waals surface area contributed by atoms with Gasteiger partial charge in [-0.05, 0) is 52.4 Å². The van der Waals surface area contributed by atoms with Crippen molar-refractivity contribution in [3.8, 4) is 10.4 Å². The van der Waals surface area contributed by atoms with Gasteiger partial charge in [-0.25, -0.2) is 8.42 Å². The van der Waals surface area contributed by atoms with Gasteiger partial charge in [0.05, 0.1) is 10.1 Å². The van der Waals surface area contributed by atoms with E-state index in [1.54, 1.807) is 23.7 Å². The van der Waals surface area contributed by atoms with Gasteiger partial charge in [0.2, 0.25) is 0 Å². The molecule has 132 valence electrons. The monoisotopic (exact) mass is 382 g/mol. The summed E-state index contributed by atoms with van der Waals surface area (Å²) in [6, 6.07) is 13.9. The van der Waals surface area contributed by atoms with Crippen molar-refractivity contribution in [3.05, 3.63) is 71.4 Å². The summed E-state index contributed by atoms with van der Waals surface area (Å²) in [4.78, 5) is 8.02. The third-order valence-electron chi connectivity index (χ3n) is 5.42. The molecule has 2 atom stereocenters. The van der Waals surface area contributed by atoms with Gasteiger partial charge in [-0.3, -0.25) is 9.88 Å². The van der Waals surface area contributed by atoms with Crippen LogP contribution < -0.4 is 0 Å². The maximum atomic E-state index is 13.0. The third-order valence-corrected chi connectivity index (χ3v) is 8.60. The van der Waals surface area contributed by atoms with E-state index in [1.165, 1.54) is 10.4 Å². The second-order valence-electron chi connectivity index (χ2n) is 6.97. The van der Waals surface area contributed by atoms with Gasteiger partial charge in [-0.15, -0.1) is 11.3 Å². The number of fused-ring (bicyclic) bond motifs is 3. The Labute approximate surface area is 157 Å². The van der Waals surface area contributed by atoms with Crippen molar-refractivity contribution in [2.24, 2.45) is 0 Å². The molecule has 0 unspecified atom stereocenters. The van der Waals surface area contributed by atoms with Crippen LogP contribution in [-0.4, -0.2) is 36.6 Å². The summed E-state index contributed by atoms with van der Waals surface area (Å²) in [5.74, 6) is 0.0664. The molecular weight excluding hydrogens is 364 g/mol. The van der Waals surface area contributed by atoms with E-state index >= 15 is 0 Å². The van der Waals surface area contributed by atoms with E-state index < -0.39 is 9.84 Å². The Balaban J connectivity index is 1.49. The number of thiophene rings is 1. The molecule has 3 aromatic rings. The molecule has 0 radical (unpaired) electrons. The molecule has 0 amide bonds. The van der Waals surface area contributed by atoms with Crippen molar-refractivity contribution in [2.45, 2.75) is 22.6 Å². The summed E-state index contributed by atoms with van der Waals surface area (Å²) >= 11 is 1.68. The summed E-state index contributed by atoms with van der Waals surface area (Å²) in [7, 11) is -3.24. The molecule has 0 saturated carbocycles. The molecule has 2 aliphatic heterocycles. The first kappa shape index (κ1) is 16.2. The Morgan fingerprint density at radius 3 is 2.73 bits per heavy atom. The maximum absolute atomic E-state index is 13.0. The molecule has 4 heterocycles. The van der Waals surface area contributed by atoms with Gasteiger partial charge < -0.3 is 0 Å². The van der Waals surface area contributed by atoms with Crippen LogP contribution in [0.1, 0.15) is 17.0 Å². The first-order valence-corrected chi connectivity index (χ1v) is 11.1. The quantitative estimate of drug-likeness (QED) is 0.695. The predicted molar refractivity (Wildman–Crippen MR) is 103 cm³/mol. The second kappa shape index (κ2) is 6.01. The smallest absolute Gasteiger partial charge is 0.183 e. The minimum absolute atomic E-state index is 0.0664. The topological polar surface area (TPSA) is 50.3 Å². The normalized spacial score (nSPS) is 23.7. The van der Waals surface area contributed by atoms with Crippen LogP contribution in [0.2, 0.25) is 0 Å². The zero-order valence-corrected chi connectivity index (χ0v) is 15.7. The minimum Gasteiger partial charge on any atom is -0.297 e. The molecule has 2 aromatic heterocycles. The lowest BCUT2D eigenvalue weighted by atomic mass is 9.96. The lowest BCUT2D eigenvalue weighted by molar-refractivity contribution is 0.325. The lowest BCUT2D eigenvalue weighted by Gasteiger charge is -2.17. The van der Waals surface area contributed by atoms with Gasteiger partial charge >= 0.3 is 0 Å². The highest BCUT2D eigenvalue weighted by molar-refractivity contribution is 7.92. The Hall–Kier alpha value is -2.02. The zero-order valence-electron chi connectivity index (χ0n) is 14.1. The second-order valence-corrected chi connectivity index (χ2v) is 10.1. The fraction of sp³-hybridized carbons (Fsp3) is 0.250. The van der Waals surface area contributed by atoms with Crippen molar-refractivity contribution in [1.29, 1.82) is 0 Å². The number of benzene rings is 1. The highest BCUT2D eigenvalue weighted by atomic mass is 32.2. The first-order valence-electron chi connectivity index (χ1n) is 8.66. The molecular formula is C20H18N2O2S2. The Morgan fingerprint density at radius 2 is 1.96 bits per heavy atom. The zero-order chi connectivity index (χ0) is 17.7. The van der Waals surface area contributed by atoms with E-state index in [0.717, 1.165) is 24.2 Å². The van der Waals surface area contributed by atoms with Crippen LogP contribution in [-0.2, 0) is 16.4 Å². The van der Waals surface area contributed by atoms with E-state index in [2.05, 4.69) is 22.0 Å². The molecule has 1 aromatic carbocycles. The molecule has 0 N–H and O–H groups in total. The molecule has 0 spiro atoms. The number of likely N-dealkylation sites (tertiary alicyclic amines) is 1. The average molecular weight is 383 g/mol. The molecule has 0 bridgehead atoms. The van der Waals surface area contributed by atoms with Crippen LogP contribution in [0.25, 0.3) is 10.4 Å².